The molecule has 0 aliphatic heterocycles. The molecule has 0 spiro atoms. The Bertz CT molecular complexity index is 1110. The van der Waals surface area contributed by atoms with Crippen LogP contribution in [0.4, 0.5) is 0 Å². The molecule has 0 radical (unpaired) electrons. The number of thiophene rings is 1. The second kappa shape index (κ2) is 6.31. The molecule has 0 saturated carbocycles. The van der Waals surface area contributed by atoms with Gasteiger partial charge in [0.15, 0.2) is 0 Å². The van der Waals surface area contributed by atoms with E-state index in [1.165, 1.54) is 14.2 Å². The molecule has 4 rings (SSSR count). The monoisotopic (exact) mass is 435 g/mol. The van der Waals surface area contributed by atoms with Crippen molar-refractivity contribution in [3.63, 3.8) is 0 Å². The van der Waals surface area contributed by atoms with Gasteiger partial charge in [0, 0.05) is 11.9 Å². The minimum absolute atomic E-state index is 0.213. The third-order valence-electron chi connectivity index (χ3n) is 4.73. The third kappa shape index (κ3) is 2.61. The van der Waals surface area contributed by atoms with E-state index in [0.717, 1.165) is 36.1 Å². The number of rotatable bonds is 2. The summed E-state index contributed by atoms with van der Waals surface area (Å²) in [5.74, 6) is 0.0554. The van der Waals surface area contributed by atoms with E-state index in [1.54, 1.807) is 25.3 Å². The van der Waals surface area contributed by atoms with Crippen LogP contribution in [0.15, 0.2) is 9.27 Å². The fraction of sp³-hybridized carbons (Fsp3) is 0.412. The van der Waals surface area contributed by atoms with Crippen molar-refractivity contribution < 1.29 is 4.79 Å². The van der Waals surface area contributed by atoms with Crippen LogP contribution >= 0.6 is 27.3 Å². The van der Waals surface area contributed by atoms with E-state index in [0.29, 0.717) is 27.1 Å². The van der Waals surface area contributed by atoms with Crippen molar-refractivity contribution in [3.8, 4) is 0 Å². The molecule has 0 saturated heterocycles. The molecule has 136 valence electrons. The lowest BCUT2D eigenvalue weighted by Gasteiger charge is -2.13. The molecule has 7 nitrogen and oxygen atoms in total. The van der Waals surface area contributed by atoms with Crippen molar-refractivity contribution >= 4 is 43.4 Å². The first-order valence-electron chi connectivity index (χ1n) is 8.43. The third-order valence-corrected chi connectivity index (χ3v) is 6.87. The predicted molar refractivity (Wildman–Crippen MR) is 105 cm³/mol. The van der Waals surface area contributed by atoms with Crippen LogP contribution in [-0.2, 0) is 19.9 Å². The quantitative estimate of drug-likeness (QED) is 0.670. The van der Waals surface area contributed by atoms with Gasteiger partial charge in [0.25, 0.3) is 11.5 Å². The summed E-state index contributed by atoms with van der Waals surface area (Å²) in [6, 6.07) is 0. The Labute approximate surface area is 162 Å². The van der Waals surface area contributed by atoms with Gasteiger partial charge < -0.3 is 0 Å². The summed E-state index contributed by atoms with van der Waals surface area (Å²) in [5.41, 5.74) is 4.66. The molecule has 1 amide bonds. The number of nitrogens with one attached hydrogen (secondary N) is 1. The highest BCUT2D eigenvalue weighted by Crippen LogP contribution is 2.33. The zero-order valence-electron chi connectivity index (χ0n) is 14.7. The Morgan fingerprint density at radius 1 is 1.27 bits per heavy atom. The van der Waals surface area contributed by atoms with Crippen LogP contribution in [0.25, 0.3) is 10.2 Å². The largest absolute Gasteiger partial charge is 0.289 e. The van der Waals surface area contributed by atoms with Crippen LogP contribution < -0.4 is 11.0 Å². The van der Waals surface area contributed by atoms with Crippen molar-refractivity contribution in [2.45, 2.75) is 39.5 Å². The van der Waals surface area contributed by atoms with Crippen LogP contribution in [0, 0.1) is 13.8 Å². The molecule has 3 heterocycles. The number of nitrogens with zero attached hydrogens (tertiary/aromatic N) is 4. The molecular formula is C17H18BrN5O2S. The molecule has 3 aromatic heterocycles. The standard InChI is InChI=1S/C17H18BrN5O2S/c1-8-13(18)14(22(3)20-8)15(24)21-23-9(2)19-16-12(17(23)25)10-6-4-5-7-11(10)26-16/h4-7H2,1-3H3,(H,21,24). The molecule has 0 atom stereocenters. The molecule has 1 N–H and O–H groups in total. The van der Waals surface area contributed by atoms with Crippen molar-refractivity contribution in [1.29, 1.82) is 0 Å². The first kappa shape index (κ1) is 17.4. The molecule has 9 heteroatoms. The van der Waals surface area contributed by atoms with E-state index in [4.69, 9.17) is 0 Å². The van der Waals surface area contributed by atoms with Crippen molar-refractivity contribution in [2.24, 2.45) is 7.05 Å². The first-order chi connectivity index (χ1) is 12.4. The number of amides is 1. The summed E-state index contributed by atoms with van der Waals surface area (Å²) >= 11 is 4.99. The maximum Gasteiger partial charge on any atom is 0.289 e. The first-order valence-corrected chi connectivity index (χ1v) is 10.0. The molecule has 0 bridgehead atoms. The smallest absolute Gasteiger partial charge is 0.267 e. The molecule has 0 aromatic carbocycles. The molecule has 0 unspecified atom stereocenters. The van der Waals surface area contributed by atoms with Gasteiger partial charge in [0.2, 0.25) is 0 Å². The van der Waals surface area contributed by atoms with Crippen LogP contribution in [0.3, 0.4) is 0 Å². The van der Waals surface area contributed by atoms with Gasteiger partial charge in [-0.2, -0.15) is 5.10 Å². The van der Waals surface area contributed by atoms with Crippen molar-refractivity contribution in [3.05, 3.63) is 42.5 Å². The van der Waals surface area contributed by atoms with E-state index >= 15 is 0 Å². The maximum absolute atomic E-state index is 13.1. The molecule has 26 heavy (non-hydrogen) atoms. The Morgan fingerprint density at radius 2 is 2.00 bits per heavy atom. The summed E-state index contributed by atoms with van der Waals surface area (Å²) in [6.07, 6.45) is 4.13. The number of fused-ring (bicyclic) bond motifs is 3. The number of hydrogen-bond donors (Lipinski definition) is 1. The highest BCUT2D eigenvalue weighted by molar-refractivity contribution is 9.10. The lowest BCUT2D eigenvalue weighted by molar-refractivity contribution is 0.0996. The van der Waals surface area contributed by atoms with Gasteiger partial charge in [-0.05, 0) is 61.0 Å². The summed E-state index contributed by atoms with van der Waals surface area (Å²) < 4.78 is 3.36. The molecule has 1 aliphatic carbocycles. The fourth-order valence-corrected chi connectivity index (χ4v) is 5.29. The SMILES string of the molecule is Cc1nn(C)c(C(=O)Nn2c(C)nc3sc4c(c3c2=O)CCCC4)c1Br. The normalized spacial score (nSPS) is 13.8. The maximum atomic E-state index is 13.1. The van der Waals surface area contributed by atoms with Gasteiger partial charge >= 0.3 is 0 Å². The van der Waals surface area contributed by atoms with E-state index in [1.807, 2.05) is 6.92 Å². The van der Waals surface area contributed by atoms with E-state index in [-0.39, 0.29) is 5.56 Å². The Balaban J connectivity index is 1.82. The molecule has 0 fully saturated rings. The summed E-state index contributed by atoms with van der Waals surface area (Å²) in [5, 5.41) is 4.87. The molecular weight excluding hydrogens is 418 g/mol. The zero-order chi connectivity index (χ0) is 18.6. The van der Waals surface area contributed by atoms with Crippen LogP contribution in [0.5, 0.6) is 0 Å². The fourth-order valence-electron chi connectivity index (χ4n) is 3.47. The summed E-state index contributed by atoms with van der Waals surface area (Å²) in [4.78, 5) is 32.4. The van der Waals surface area contributed by atoms with Gasteiger partial charge in [0.1, 0.15) is 16.3 Å². The van der Waals surface area contributed by atoms with Gasteiger partial charge in [-0.25, -0.2) is 9.66 Å². The Morgan fingerprint density at radius 3 is 2.69 bits per heavy atom. The van der Waals surface area contributed by atoms with E-state index in [2.05, 4.69) is 31.4 Å². The molecule has 3 aromatic rings. The number of halogens is 1. The molecule has 1 aliphatic rings. The topological polar surface area (TPSA) is 81.8 Å². The highest BCUT2D eigenvalue weighted by Gasteiger charge is 2.23. The second-order valence-corrected chi connectivity index (χ2v) is 8.38. The summed E-state index contributed by atoms with van der Waals surface area (Å²) in [7, 11) is 1.69. The van der Waals surface area contributed by atoms with Crippen molar-refractivity contribution in [2.75, 3.05) is 5.43 Å². The minimum Gasteiger partial charge on any atom is -0.267 e. The Kier molecular flexibility index (Phi) is 4.23. The van der Waals surface area contributed by atoms with Crippen molar-refractivity contribution in [1.82, 2.24) is 19.4 Å². The van der Waals surface area contributed by atoms with Crippen LogP contribution in [0.2, 0.25) is 0 Å². The minimum atomic E-state index is -0.407. The summed E-state index contributed by atoms with van der Waals surface area (Å²) in [6.45, 7) is 3.53. The average Bonchev–Trinajstić information content (AvgIpc) is 3.08. The zero-order valence-corrected chi connectivity index (χ0v) is 17.1. The van der Waals surface area contributed by atoms with Crippen LogP contribution in [0.1, 0.15) is 45.3 Å². The second-order valence-electron chi connectivity index (χ2n) is 6.50. The number of aryl methyl sites for hydroxylation is 5. The van der Waals surface area contributed by atoms with E-state index in [9.17, 15) is 9.59 Å². The number of aromatic nitrogens is 4. The van der Waals surface area contributed by atoms with Crippen LogP contribution in [-0.4, -0.2) is 25.3 Å². The average molecular weight is 436 g/mol. The van der Waals surface area contributed by atoms with E-state index < -0.39 is 5.91 Å². The Hall–Kier alpha value is -2.00. The lowest BCUT2D eigenvalue weighted by Crippen LogP contribution is -2.36. The van der Waals surface area contributed by atoms with Gasteiger partial charge in [-0.15, -0.1) is 11.3 Å². The number of carbonyl (C=O) groups excluding carboxylic acids is 1. The number of hydrogen-bond acceptors (Lipinski definition) is 5. The highest BCUT2D eigenvalue weighted by atomic mass is 79.9. The van der Waals surface area contributed by atoms with Gasteiger partial charge in [-0.1, -0.05) is 0 Å². The van der Waals surface area contributed by atoms with Gasteiger partial charge in [-0.3, -0.25) is 19.7 Å². The number of carbonyl (C=O) groups is 1. The predicted octanol–water partition coefficient (Wildman–Crippen LogP) is 2.83. The van der Waals surface area contributed by atoms with Gasteiger partial charge in [0.05, 0.1) is 15.6 Å². The lowest BCUT2D eigenvalue weighted by atomic mass is 9.97.